The number of benzene rings is 1. The highest BCUT2D eigenvalue weighted by atomic mass is 16.5. The Bertz CT molecular complexity index is 914. The number of ether oxygens (including phenoxy) is 1. The zero-order chi connectivity index (χ0) is 19.4. The molecule has 0 spiro atoms. The van der Waals surface area contributed by atoms with Gasteiger partial charge in [0.25, 0.3) is 17.4 Å². The van der Waals surface area contributed by atoms with Gasteiger partial charge in [0.05, 0.1) is 12.7 Å². The number of hydrogen-bond donors (Lipinski definition) is 1. The third-order valence-corrected chi connectivity index (χ3v) is 4.65. The maximum atomic E-state index is 12.7. The molecule has 0 bridgehead atoms. The van der Waals surface area contributed by atoms with Crippen molar-refractivity contribution in [2.75, 3.05) is 25.5 Å². The Labute approximate surface area is 157 Å². The SMILES string of the molecule is COc1cccc(C(=O)Nc2cc(C(=O)N3CCCCC3)cn(C)c2=O)c1. The van der Waals surface area contributed by atoms with Gasteiger partial charge in [-0.25, -0.2) is 0 Å². The van der Waals surface area contributed by atoms with Crippen molar-refractivity contribution in [3.63, 3.8) is 0 Å². The summed E-state index contributed by atoms with van der Waals surface area (Å²) in [6, 6.07) is 8.10. The molecule has 27 heavy (non-hydrogen) atoms. The molecule has 2 amide bonds. The first-order valence-electron chi connectivity index (χ1n) is 8.95. The molecule has 1 aliphatic heterocycles. The van der Waals surface area contributed by atoms with Gasteiger partial charge < -0.3 is 19.5 Å². The Hall–Kier alpha value is -3.09. The molecule has 2 aromatic rings. The number of methoxy groups -OCH3 is 1. The molecule has 142 valence electrons. The molecule has 0 atom stereocenters. The van der Waals surface area contributed by atoms with Crippen LogP contribution in [0.2, 0.25) is 0 Å². The largest absolute Gasteiger partial charge is 0.497 e. The fraction of sp³-hybridized carbons (Fsp3) is 0.350. The summed E-state index contributed by atoms with van der Waals surface area (Å²) in [4.78, 5) is 39.5. The van der Waals surface area contributed by atoms with Crippen molar-refractivity contribution in [2.24, 2.45) is 7.05 Å². The normalized spacial score (nSPS) is 13.9. The maximum Gasteiger partial charge on any atom is 0.274 e. The minimum Gasteiger partial charge on any atom is -0.497 e. The van der Waals surface area contributed by atoms with E-state index in [2.05, 4.69) is 5.32 Å². The third kappa shape index (κ3) is 4.19. The third-order valence-electron chi connectivity index (χ3n) is 4.65. The first-order valence-corrected chi connectivity index (χ1v) is 8.95. The second-order valence-corrected chi connectivity index (χ2v) is 6.60. The molecule has 1 aromatic heterocycles. The molecular weight excluding hydrogens is 346 g/mol. The number of likely N-dealkylation sites (tertiary alicyclic amines) is 1. The van der Waals surface area contributed by atoms with Gasteiger partial charge in [-0.05, 0) is 43.5 Å². The van der Waals surface area contributed by atoms with Gasteiger partial charge in [0, 0.05) is 31.9 Å². The Morgan fingerprint density at radius 3 is 2.52 bits per heavy atom. The van der Waals surface area contributed by atoms with Crippen molar-refractivity contribution in [1.82, 2.24) is 9.47 Å². The monoisotopic (exact) mass is 369 g/mol. The van der Waals surface area contributed by atoms with Gasteiger partial charge in [0.1, 0.15) is 11.4 Å². The minimum atomic E-state index is -0.437. The number of anilines is 1. The number of hydrogen-bond acceptors (Lipinski definition) is 4. The van der Waals surface area contributed by atoms with E-state index < -0.39 is 5.91 Å². The summed E-state index contributed by atoms with van der Waals surface area (Å²) in [6.07, 6.45) is 4.60. The topological polar surface area (TPSA) is 80.6 Å². The van der Waals surface area contributed by atoms with Gasteiger partial charge in [0.15, 0.2) is 0 Å². The van der Waals surface area contributed by atoms with Gasteiger partial charge in [-0.1, -0.05) is 6.07 Å². The lowest BCUT2D eigenvalue weighted by Crippen LogP contribution is -2.36. The standard InChI is InChI=1S/C20H23N3O4/c1-22-13-15(19(25)23-9-4-3-5-10-23)12-17(20(22)26)21-18(24)14-7-6-8-16(11-14)27-2/h6-8,11-13H,3-5,9-10H2,1-2H3,(H,21,24). The summed E-state index contributed by atoms with van der Waals surface area (Å²) >= 11 is 0. The van der Waals surface area contributed by atoms with Crippen LogP contribution in [0.5, 0.6) is 5.75 Å². The Morgan fingerprint density at radius 1 is 1.07 bits per heavy atom. The van der Waals surface area contributed by atoms with Gasteiger partial charge in [-0.2, -0.15) is 0 Å². The number of carbonyl (C=O) groups excluding carboxylic acids is 2. The van der Waals surface area contributed by atoms with Crippen LogP contribution in [-0.2, 0) is 7.05 Å². The zero-order valence-corrected chi connectivity index (χ0v) is 15.5. The van der Waals surface area contributed by atoms with Gasteiger partial charge in [-0.15, -0.1) is 0 Å². The molecule has 1 N–H and O–H groups in total. The summed E-state index contributed by atoms with van der Waals surface area (Å²) in [6.45, 7) is 1.43. The Balaban J connectivity index is 1.86. The summed E-state index contributed by atoms with van der Waals surface area (Å²) < 4.78 is 6.44. The van der Waals surface area contributed by atoms with Gasteiger partial charge in [-0.3, -0.25) is 14.4 Å². The first-order chi connectivity index (χ1) is 13.0. The fourth-order valence-corrected chi connectivity index (χ4v) is 3.16. The molecule has 7 heteroatoms. The van der Waals surface area contributed by atoms with Crippen molar-refractivity contribution in [2.45, 2.75) is 19.3 Å². The van der Waals surface area contributed by atoms with Crippen LogP contribution in [0.25, 0.3) is 0 Å². The number of amides is 2. The van der Waals surface area contributed by atoms with Crippen LogP contribution < -0.4 is 15.6 Å². The molecule has 1 aliphatic rings. The lowest BCUT2D eigenvalue weighted by atomic mass is 10.1. The second kappa shape index (κ2) is 8.07. The molecule has 1 aromatic carbocycles. The van der Waals surface area contributed by atoms with Crippen molar-refractivity contribution >= 4 is 17.5 Å². The van der Waals surface area contributed by atoms with E-state index in [1.165, 1.54) is 23.9 Å². The molecule has 7 nitrogen and oxygen atoms in total. The first kappa shape index (κ1) is 18.7. The lowest BCUT2D eigenvalue weighted by molar-refractivity contribution is 0.0723. The van der Waals surface area contributed by atoms with Crippen LogP contribution in [0, 0.1) is 0 Å². The molecule has 2 heterocycles. The minimum absolute atomic E-state index is 0.0770. The van der Waals surface area contributed by atoms with Crippen LogP contribution in [-0.4, -0.2) is 41.5 Å². The highest BCUT2D eigenvalue weighted by Gasteiger charge is 2.20. The summed E-state index contributed by atoms with van der Waals surface area (Å²) in [7, 11) is 3.08. The number of nitrogens with one attached hydrogen (secondary N) is 1. The van der Waals surface area contributed by atoms with Crippen LogP contribution in [0.1, 0.15) is 40.0 Å². The van der Waals surface area contributed by atoms with E-state index in [9.17, 15) is 14.4 Å². The van der Waals surface area contributed by atoms with E-state index in [0.717, 1.165) is 19.3 Å². The lowest BCUT2D eigenvalue weighted by Gasteiger charge is -2.27. The quantitative estimate of drug-likeness (QED) is 0.897. The number of nitrogens with zero attached hydrogens (tertiary/aromatic N) is 2. The molecule has 0 radical (unpaired) electrons. The molecule has 0 unspecified atom stereocenters. The van der Waals surface area contributed by atoms with Crippen LogP contribution in [0.15, 0.2) is 41.3 Å². The summed E-state index contributed by atoms with van der Waals surface area (Å²) in [5, 5.41) is 2.62. The molecule has 0 aliphatic carbocycles. The van der Waals surface area contributed by atoms with Crippen LogP contribution in [0.3, 0.4) is 0 Å². The zero-order valence-electron chi connectivity index (χ0n) is 15.5. The highest BCUT2D eigenvalue weighted by Crippen LogP contribution is 2.16. The van der Waals surface area contributed by atoms with E-state index in [0.29, 0.717) is 30.0 Å². The summed E-state index contributed by atoms with van der Waals surface area (Å²) in [5.74, 6) is -0.0136. The molecule has 0 saturated carbocycles. The Kier molecular flexibility index (Phi) is 5.59. The van der Waals surface area contributed by atoms with Crippen molar-refractivity contribution in [1.29, 1.82) is 0 Å². The second-order valence-electron chi connectivity index (χ2n) is 6.60. The van der Waals surface area contributed by atoms with Crippen LogP contribution in [0.4, 0.5) is 5.69 Å². The van der Waals surface area contributed by atoms with E-state index in [4.69, 9.17) is 4.74 Å². The molecule has 3 rings (SSSR count). The number of piperidine rings is 1. The van der Waals surface area contributed by atoms with Crippen molar-refractivity contribution < 1.29 is 14.3 Å². The fourth-order valence-electron chi connectivity index (χ4n) is 3.16. The smallest absolute Gasteiger partial charge is 0.274 e. The van der Waals surface area contributed by atoms with Crippen molar-refractivity contribution in [3.8, 4) is 5.75 Å². The molecule has 1 saturated heterocycles. The number of aromatic nitrogens is 1. The van der Waals surface area contributed by atoms with E-state index >= 15 is 0 Å². The van der Waals surface area contributed by atoms with Crippen LogP contribution >= 0.6 is 0 Å². The molecular formula is C20H23N3O4. The van der Waals surface area contributed by atoms with E-state index in [1.807, 2.05) is 0 Å². The van der Waals surface area contributed by atoms with Gasteiger partial charge >= 0.3 is 0 Å². The predicted molar refractivity (Wildman–Crippen MR) is 102 cm³/mol. The number of carbonyl (C=O) groups is 2. The van der Waals surface area contributed by atoms with E-state index in [-0.39, 0.29) is 17.2 Å². The maximum absolute atomic E-state index is 12.7. The van der Waals surface area contributed by atoms with E-state index in [1.54, 1.807) is 36.2 Å². The number of rotatable bonds is 4. The average molecular weight is 369 g/mol. The van der Waals surface area contributed by atoms with Crippen molar-refractivity contribution in [3.05, 3.63) is 58.0 Å². The molecule has 1 fully saturated rings. The number of aryl methyl sites for hydroxylation is 1. The highest BCUT2D eigenvalue weighted by molar-refractivity contribution is 6.05. The predicted octanol–water partition coefficient (Wildman–Crippen LogP) is 2.27. The summed E-state index contributed by atoms with van der Waals surface area (Å²) in [5.41, 5.74) is 0.457. The average Bonchev–Trinajstić information content (AvgIpc) is 2.71. The van der Waals surface area contributed by atoms with Gasteiger partial charge in [0.2, 0.25) is 0 Å². The Morgan fingerprint density at radius 2 is 1.81 bits per heavy atom. The number of pyridine rings is 1.